The molecule has 0 aromatic heterocycles. The minimum absolute atomic E-state index is 0.297. The molecule has 0 amide bonds. The second-order valence-electron chi connectivity index (χ2n) is 2.31. The van der Waals surface area contributed by atoms with Gasteiger partial charge in [0.2, 0.25) is 0 Å². The summed E-state index contributed by atoms with van der Waals surface area (Å²) in [7, 11) is 0. The summed E-state index contributed by atoms with van der Waals surface area (Å²) in [5, 5.41) is 9.37. The summed E-state index contributed by atoms with van der Waals surface area (Å²) in [5.74, 6) is -0.297. The van der Waals surface area contributed by atoms with Crippen LogP contribution in [-0.2, 0) is 0 Å². The van der Waals surface area contributed by atoms with Gasteiger partial charge in [0.1, 0.15) is 5.82 Å². The molecule has 0 radical (unpaired) electrons. The highest BCUT2D eigenvalue weighted by atomic mass is 79.9. The van der Waals surface area contributed by atoms with Gasteiger partial charge in [0.15, 0.2) is 0 Å². The van der Waals surface area contributed by atoms with Crippen molar-refractivity contribution in [2.45, 2.75) is 6.10 Å². The van der Waals surface area contributed by atoms with Crippen molar-refractivity contribution in [2.75, 3.05) is 0 Å². The Kier molecular flexibility index (Phi) is 3.44. The minimum atomic E-state index is -0.676. The summed E-state index contributed by atoms with van der Waals surface area (Å²) in [6.07, 6.45) is 0.887. The van der Waals surface area contributed by atoms with E-state index in [2.05, 4.69) is 15.9 Å². The van der Waals surface area contributed by atoms with Crippen LogP contribution in [0.1, 0.15) is 11.7 Å². The van der Waals surface area contributed by atoms with Gasteiger partial charge in [-0.1, -0.05) is 28.1 Å². The third kappa shape index (κ3) is 2.43. The van der Waals surface area contributed by atoms with Crippen LogP contribution in [-0.4, -0.2) is 5.11 Å². The van der Waals surface area contributed by atoms with Crippen LogP contribution in [0, 0.1) is 5.82 Å². The highest BCUT2D eigenvalue weighted by Crippen LogP contribution is 2.14. The van der Waals surface area contributed by atoms with E-state index in [1.165, 1.54) is 12.1 Å². The molecule has 12 heavy (non-hydrogen) atoms. The maximum atomic E-state index is 12.4. The number of hydrogen-bond donors (Lipinski definition) is 1. The van der Waals surface area contributed by atoms with Crippen molar-refractivity contribution in [1.82, 2.24) is 0 Å². The molecule has 0 spiro atoms. The normalized spacial score (nSPS) is 13.6. The van der Waals surface area contributed by atoms with Crippen molar-refractivity contribution in [3.63, 3.8) is 0 Å². The molecule has 1 unspecified atom stereocenters. The van der Waals surface area contributed by atoms with E-state index in [0.29, 0.717) is 5.56 Å². The van der Waals surface area contributed by atoms with E-state index in [0.717, 1.165) is 0 Å². The summed E-state index contributed by atoms with van der Waals surface area (Å²) in [5.41, 5.74) is 0.673. The van der Waals surface area contributed by atoms with Crippen molar-refractivity contribution in [3.05, 3.63) is 46.7 Å². The van der Waals surface area contributed by atoms with E-state index in [9.17, 15) is 9.50 Å². The van der Waals surface area contributed by atoms with Gasteiger partial charge in [0.05, 0.1) is 6.10 Å². The van der Waals surface area contributed by atoms with E-state index in [4.69, 9.17) is 0 Å². The minimum Gasteiger partial charge on any atom is -0.384 e. The summed E-state index contributed by atoms with van der Waals surface area (Å²) in [6.45, 7) is 0. The molecule has 1 aromatic carbocycles. The fourth-order valence-corrected chi connectivity index (χ4v) is 1.13. The van der Waals surface area contributed by atoms with E-state index >= 15 is 0 Å². The Labute approximate surface area is 78.7 Å². The summed E-state index contributed by atoms with van der Waals surface area (Å²) in [4.78, 5) is 1.57. The van der Waals surface area contributed by atoms with Crippen LogP contribution in [0.3, 0.4) is 0 Å². The molecule has 1 N–H and O–H groups in total. The zero-order chi connectivity index (χ0) is 8.97. The molecule has 1 nitrogen and oxygen atoms in total. The summed E-state index contributed by atoms with van der Waals surface area (Å²) < 4.78 is 12.4. The van der Waals surface area contributed by atoms with Crippen molar-refractivity contribution >= 4 is 15.9 Å². The van der Waals surface area contributed by atoms with Gasteiger partial charge < -0.3 is 5.11 Å². The number of aliphatic hydroxyl groups excluding tert-OH is 1. The van der Waals surface area contributed by atoms with E-state index in [1.54, 1.807) is 23.2 Å². The molecule has 0 aliphatic heterocycles. The van der Waals surface area contributed by atoms with Crippen molar-refractivity contribution in [1.29, 1.82) is 0 Å². The molecule has 1 aromatic rings. The van der Waals surface area contributed by atoms with Gasteiger partial charge in [-0.05, 0) is 28.8 Å². The number of rotatable bonds is 2. The zero-order valence-electron chi connectivity index (χ0n) is 6.24. The van der Waals surface area contributed by atoms with Crippen LogP contribution in [0.15, 0.2) is 35.3 Å². The molecule has 0 bridgehead atoms. The SMILES string of the molecule is OC(C=CBr)c1ccc(F)cc1. The first-order valence-electron chi connectivity index (χ1n) is 3.44. The monoisotopic (exact) mass is 230 g/mol. The van der Waals surface area contributed by atoms with Crippen LogP contribution in [0.5, 0.6) is 0 Å². The van der Waals surface area contributed by atoms with Gasteiger partial charge in [-0.2, -0.15) is 0 Å². The van der Waals surface area contributed by atoms with Gasteiger partial charge in [-0.15, -0.1) is 0 Å². The molecule has 1 rings (SSSR count). The smallest absolute Gasteiger partial charge is 0.123 e. The van der Waals surface area contributed by atoms with Gasteiger partial charge in [-0.25, -0.2) is 4.39 Å². The lowest BCUT2D eigenvalue weighted by molar-refractivity contribution is 0.229. The molecule has 0 saturated carbocycles. The molecule has 0 heterocycles. The molecule has 0 saturated heterocycles. The van der Waals surface area contributed by atoms with Gasteiger partial charge in [0.25, 0.3) is 0 Å². The van der Waals surface area contributed by atoms with E-state index in [-0.39, 0.29) is 5.82 Å². The van der Waals surface area contributed by atoms with Gasteiger partial charge >= 0.3 is 0 Å². The molecule has 0 aliphatic rings. The lowest BCUT2D eigenvalue weighted by atomic mass is 10.1. The first-order valence-corrected chi connectivity index (χ1v) is 4.36. The molecule has 0 fully saturated rings. The molecule has 0 aliphatic carbocycles. The first kappa shape index (κ1) is 9.42. The number of hydrogen-bond acceptors (Lipinski definition) is 1. The maximum Gasteiger partial charge on any atom is 0.123 e. The Morgan fingerprint density at radius 1 is 1.33 bits per heavy atom. The van der Waals surface area contributed by atoms with Gasteiger partial charge in [-0.3, -0.25) is 0 Å². The molecule has 3 heteroatoms. The Hall–Kier alpha value is -0.670. The Morgan fingerprint density at radius 2 is 1.92 bits per heavy atom. The number of benzene rings is 1. The van der Waals surface area contributed by atoms with Crippen LogP contribution in [0.2, 0.25) is 0 Å². The lowest BCUT2D eigenvalue weighted by Crippen LogP contribution is -1.91. The summed E-state index contributed by atoms with van der Waals surface area (Å²) >= 11 is 3.05. The predicted octanol–water partition coefficient (Wildman–Crippen LogP) is 2.77. The number of aliphatic hydroxyl groups is 1. The standard InChI is InChI=1S/C9H8BrFO/c10-6-5-9(12)7-1-3-8(11)4-2-7/h1-6,9,12H. The van der Waals surface area contributed by atoms with E-state index < -0.39 is 6.10 Å². The van der Waals surface area contributed by atoms with Crippen molar-refractivity contribution in [3.8, 4) is 0 Å². The molecular weight excluding hydrogens is 223 g/mol. The van der Waals surface area contributed by atoms with E-state index in [1.807, 2.05) is 0 Å². The van der Waals surface area contributed by atoms with Gasteiger partial charge in [0, 0.05) is 0 Å². The van der Waals surface area contributed by atoms with Crippen LogP contribution in [0.25, 0.3) is 0 Å². The lowest BCUT2D eigenvalue weighted by Gasteiger charge is -2.03. The number of halogens is 2. The van der Waals surface area contributed by atoms with Crippen LogP contribution >= 0.6 is 15.9 Å². The highest BCUT2D eigenvalue weighted by Gasteiger charge is 2.01. The molecule has 1 atom stereocenters. The second kappa shape index (κ2) is 4.38. The van der Waals surface area contributed by atoms with Crippen molar-refractivity contribution < 1.29 is 9.50 Å². The third-order valence-corrected chi connectivity index (χ3v) is 1.77. The maximum absolute atomic E-state index is 12.4. The Balaban J connectivity index is 2.82. The second-order valence-corrected chi connectivity index (χ2v) is 2.84. The highest BCUT2D eigenvalue weighted by molar-refractivity contribution is 9.11. The fourth-order valence-electron chi connectivity index (χ4n) is 0.840. The fraction of sp³-hybridized carbons (Fsp3) is 0.111. The van der Waals surface area contributed by atoms with Crippen LogP contribution in [0.4, 0.5) is 4.39 Å². The third-order valence-electron chi connectivity index (χ3n) is 1.47. The Morgan fingerprint density at radius 3 is 2.42 bits per heavy atom. The topological polar surface area (TPSA) is 20.2 Å². The average molecular weight is 231 g/mol. The zero-order valence-corrected chi connectivity index (χ0v) is 7.83. The first-order chi connectivity index (χ1) is 5.74. The average Bonchev–Trinajstić information content (AvgIpc) is 2.06. The van der Waals surface area contributed by atoms with Crippen LogP contribution < -0.4 is 0 Å². The largest absolute Gasteiger partial charge is 0.384 e. The predicted molar refractivity (Wildman–Crippen MR) is 49.4 cm³/mol. The quantitative estimate of drug-likeness (QED) is 0.829. The van der Waals surface area contributed by atoms with Crippen molar-refractivity contribution in [2.24, 2.45) is 0 Å². The summed E-state index contributed by atoms with van der Waals surface area (Å²) in [6, 6.07) is 5.74. The Bertz CT molecular complexity index is 268. The molecule has 64 valence electrons. The molecular formula is C9H8BrFO.